The number of hydrogen-bond acceptors (Lipinski definition) is 2. The summed E-state index contributed by atoms with van der Waals surface area (Å²) in [5.74, 6) is 0. The third-order valence-corrected chi connectivity index (χ3v) is 3.74. The summed E-state index contributed by atoms with van der Waals surface area (Å²) in [4.78, 5) is 2.69. The van der Waals surface area contributed by atoms with Crippen LogP contribution in [0, 0.1) is 0 Å². The Labute approximate surface area is 73.9 Å². The molecule has 0 aromatic heterocycles. The molecule has 4 aliphatic rings. The van der Waals surface area contributed by atoms with Gasteiger partial charge in [0.2, 0.25) is 0 Å². The zero-order valence-corrected chi connectivity index (χ0v) is 7.86. The third kappa shape index (κ3) is 0.775. The van der Waals surface area contributed by atoms with Crippen LogP contribution in [0.15, 0.2) is 0 Å². The van der Waals surface area contributed by atoms with Crippen molar-refractivity contribution < 1.29 is 4.74 Å². The lowest BCUT2D eigenvalue weighted by atomic mass is 9.99. The van der Waals surface area contributed by atoms with Crippen LogP contribution in [0.4, 0.5) is 0 Å². The SMILES string of the molecule is CC(C)N1C2CC3CC1C(C2)O3. The second-order valence-electron chi connectivity index (χ2n) is 4.77. The quantitative estimate of drug-likeness (QED) is 0.585. The molecule has 2 nitrogen and oxygen atoms in total. The van der Waals surface area contributed by atoms with Gasteiger partial charge in [0.15, 0.2) is 0 Å². The maximum atomic E-state index is 5.89. The van der Waals surface area contributed by atoms with E-state index in [2.05, 4.69) is 18.7 Å². The summed E-state index contributed by atoms with van der Waals surface area (Å²) in [5.41, 5.74) is 0. The first-order chi connectivity index (χ1) is 5.75. The van der Waals surface area contributed by atoms with Crippen molar-refractivity contribution >= 4 is 0 Å². The molecule has 0 amide bonds. The van der Waals surface area contributed by atoms with Crippen molar-refractivity contribution in [1.29, 1.82) is 0 Å². The largest absolute Gasteiger partial charge is 0.373 e. The van der Waals surface area contributed by atoms with E-state index in [1.165, 1.54) is 19.3 Å². The highest BCUT2D eigenvalue weighted by Gasteiger charge is 2.54. The highest BCUT2D eigenvalue weighted by Crippen LogP contribution is 2.46. The van der Waals surface area contributed by atoms with Crippen molar-refractivity contribution in [1.82, 2.24) is 4.90 Å². The maximum Gasteiger partial charge on any atom is 0.0750 e. The zero-order chi connectivity index (χ0) is 8.29. The van der Waals surface area contributed by atoms with Gasteiger partial charge in [0.1, 0.15) is 0 Å². The minimum absolute atomic E-state index is 0.594. The fourth-order valence-electron chi connectivity index (χ4n) is 3.48. The van der Waals surface area contributed by atoms with E-state index >= 15 is 0 Å². The second-order valence-corrected chi connectivity index (χ2v) is 4.77. The van der Waals surface area contributed by atoms with Gasteiger partial charge < -0.3 is 4.74 Å². The van der Waals surface area contributed by atoms with Gasteiger partial charge >= 0.3 is 0 Å². The van der Waals surface area contributed by atoms with E-state index in [0.29, 0.717) is 18.2 Å². The Morgan fingerprint density at radius 1 is 1.25 bits per heavy atom. The molecule has 0 spiro atoms. The Hall–Kier alpha value is -0.0800. The van der Waals surface area contributed by atoms with Gasteiger partial charge in [-0.1, -0.05) is 0 Å². The van der Waals surface area contributed by atoms with Gasteiger partial charge in [-0.3, -0.25) is 4.90 Å². The molecule has 2 heteroatoms. The van der Waals surface area contributed by atoms with Crippen molar-refractivity contribution in [3.05, 3.63) is 0 Å². The Kier molecular flexibility index (Phi) is 1.37. The van der Waals surface area contributed by atoms with Crippen molar-refractivity contribution in [2.75, 3.05) is 0 Å². The summed E-state index contributed by atoms with van der Waals surface area (Å²) in [6, 6.07) is 2.34. The van der Waals surface area contributed by atoms with E-state index in [9.17, 15) is 0 Å². The fraction of sp³-hybridized carbons (Fsp3) is 1.00. The van der Waals surface area contributed by atoms with E-state index in [4.69, 9.17) is 4.74 Å². The van der Waals surface area contributed by atoms with Gasteiger partial charge in [0.25, 0.3) is 0 Å². The Morgan fingerprint density at radius 3 is 2.75 bits per heavy atom. The molecule has 4 bridgehead atoms. The van der Waals surface area contributed by atoms with Gasteiger partial charge in [0, 0.05) is 18.1 Å². The van der Waals surface area contributed by atoms with Gasteiger partial charge in [-0.05, 0) is 33.1 Å². The van der Waals surface area contributed by atoms with Gasteiger partial charge in [-0.25, -0.2) is 0 Å². The molecule has 4 atom stereocenters. The number of piperidine rings is 1. The molecule has 0 aliphatic carbocycles. The lowest BCUT2D eigenvalue weighted by Gasteiger charge is -2.37. The lowest BCUT2D eigenvalue weighted by Crippen LogP contribution is -2.46. The van der Waals surface area contributed by atoms with Crippen LogP contribution in [0.25, 0.3) is 0 Å². The van der Waals surface area contributed by atoms with E-state index < -0.39 is 0 Å². The molecule has 12 heavy (non-hydrogen) atoms. The number of hydrogen-bond donors (Lipinski definition) is 0. The van der Waals surface area contributed by atoms with Crippen LogP contribution in [-0.4, -0.2) is 35.2 Å². The predicted molar refractivity (Wildman–Crippen MR) is 47.1 cm³/mol. The summed E-state index contributed by atoms with van der Waals surface area (Å²) in [6.07, 6.45) is 5.12. The van der Waals surface area contributed by atoms with Crippen LogP contribution in [0.1, 0.15) is 33.1 Å². The molecular formula is C10H17NO. The van der Waals surface area contributed by atoms with Crippen LogP contribution in [0.3, 0.4) is 0 Å². The van der Waals surface area contributed by atoms with Crippen molar-refractivity contribution in [3.8, 4) is 0 Å². The normalized spacial score (nSPS) is 51.2. The molecule has 0 saturated carbocycles. The molecule has 4 aliphatic heterocycles. The molecule has 4 fully saturated rings. The van der Waals surface area contributed by atoms with Crippen molar-refractivity contribution in [2.45, 2.75) is 63.4 Å². The van der Waals surface area contributed by atoms with E-state index in [1.54, 1.807) is 0 Å². The average Bonchev–Trinajstić information content (AvgIpc) is 2.38. The highest BCUT2D eigenvalue weighted by molar-refractivity contribution is 5.07. The summed E-state index contributed by atoms with van der Waals surface area (Å²) >= 11 is 0. The summed E-state index contributed by atoms with van der Waals surface area (Å²) in [7, 11) is 0. The standard InChI is InChI=1S/C10H17NO/c1-6(2)11-7-3-8-5-9(11)10(4-7)12-8/h6-10H,3-5H2,1-2H3. The first kappa shape index (κ1) is 7.34. The molecule has 4 rings (SSSR count). The summed E-state index contributed by atoms with van der Waals surface area (Å²) < 4.78 is 5.89. The lowest BCUT2D eigenvalue weighted by molar-refractivity contribution is 0.000246. The molecule has 4 saturated heterocycles. The van der Waals surface area contributed by atoms with E-state index in [1.807, 2.05) is 0 Å². The molecule has 0 radical (unpaired) electrons. The first-order valence-electron chi connectivity index (χ1n) is 5.18. The van der Waals surface area contributed by atoms with Gasteiger partial charge in [-0.15, -0.1) is 0 Å². The first-order valence-corrected chi connectivity index (χ1v) is 5.18. The topological polar surface area (TPSA) is 12.5 Å². The summed E-state index contributed by atoms with van der Waals surface area (Å²) in [6.45, 7) is 4.63. The van der Waals surface area contributed by atoms with Crippen LogP contribution >= 0.6 is 0 Å². The second kappa shape index (κ2) is 2.24. The van der Waals surface area contributed by atoms with Crippen LogP contribution in [0.2, 0.25) is 0 Å². The number of rotatable bonds is 1. The predicted octanol–water partition coefficient (Wildman–Crippen LogP) is 1.40. The molecule has 0 aromatic carbocycles. The Morgan fingerprint density at radius 2 is 2.08 bits per heavy atom. The van der Waals surface area contributed by atoms with Gasteiger partial charge in [0.05, 0.1) is 12.2 Å². The minimum atomic E-state index is 0.594. The smallest absolute Gasteiger partial charge is 0.0750 e. The highest BCUT2D eigenvalue weighted by atomic mass is 16.5. The van der Waals surface area contributed by atoms with Crippen LogP contribution < -0.4 is 0 Å². The fourth-order valence-corrected chi connectivity index (χ4v) is 3.48. The molecule has 68 valence electrons. The number of nitrogens with zero attached hydrogens (tertiary/aromatic N) is 1. The van der Waals surface area contributed by atoms with Crippen molar-refractivity contribution in [3.63, 3.8) is 0 Å². The summed E-state index contributed by atoms with van der Waals surface area (Å²) in [5, 5.41) is 0. The van der Waals surface area contributed by atoms with Crippen molar-refractivity contribution in [2.24, 2.45) is 0 Å². The molecule has 4 heterocycles. The Bertz CT molecular complexity index is 200. The minimum Gasteiger partial charge on any atom is -0.373 e. The van der Waals surface area contributed by atoms with E-state index in [-0.39, 0.29) is 0 Å². The Balaban J connectivity index is 1.90. The average molecular weight is 167 g/mol. The molecule has 4 unspecified atom stereocenters. The monoisotopic (exact) mass is 167 g/mol. The van der Waals surface area contributed by atoms with Crippen LogP contribution in [0.5, 0.6) is 0 Å². The third-order valence-electron chi connectivity index (χ3n) is 3.74. The maximum absolute atomic E-state index is 5.89. The number of ether oxygens (including phenoxy) is 1. The van der Waals surface area contributed by atoms with Crippen LogP contribution in [-0.2, 0) is 4.74 Å². The molecule has 0 N–H and O–H groups in total. The van der Waals surface area contributed by atoms with E-state index in [0.717, 1.165) is 12.1 Å². The molecule has 0 aromatic rings. The zero-order valence-electron chi connectivity index (χ0n) is 7.86. The molecular weight excluding hydrogens is 150 g/mol. The van der Waals surface area contributed by atoms with Gasteiger partial charge in [-0.2, -0.15) is 0 Å².